The minimum atomic E-state index is -0.615. The Hall–Kier alpha value is -2.27. The van der Waals surface area contributed by atoms with Gasteiger partial charge < -0.3 is 14.4 Å². The van der Waals surface area contributed by atoms with E-state index in [0.29, 0.717) is 34.1 Å². The third-order valence-electron chi connectivity index (χ3n) is 3.71. The molecule has 0 saturated heterocycles. The van der Waals surface area contributed by atoms with Crippen LogP contribution in [-0.4, -0.2) is 38.1 Å². The monoisotopic (exact) mass is 365 g/mol. The summed E-state index contributed by atoms with van der Waals surface area (Å²) in [5, 5.41) is 0.422. The van der Waals surface area contributed by atoms with E-state index in [9.17, 15) is 9.18 Å². The Morgan fingerprint density at radius 1 is 1.24 bits per heavy atom. The highest BCUT2D eigenvalue weighted by Gasteiger charge is 2.21. The predicted molar refractivity (Wildman–Crippen MR) is 96.8 cm³/mol. The molecule has 0 aromatic heterocycles. The number of ether oxygens (including phenoxy) is 2. The number of carbonyl (C=O) groups excluding carboxylic acids is 1. The third-order valence-corrected chi connectivity index (χ3v) is 3.93. The Morgan fingerprint density at radius 2 is 1.96 bits per heavy atom. The van der Waals surface area contributed by atoms with E-state index in [4.69, 9.17) is 21.1 Å². The molecule has 2 aromatic rings. The van der Waals surface area contributed by atoms with Gasteiger partial charge in [-0.05, 0) is 48.4 Å². The average molecular weight is 366 g/mol. The van der Waals surface area contributed by atoms with Gasteiger partial charge in [-0.15, -0.1) is 0 Å². The van der Waals surface area contributed by atoms with Crippen molar-refractivity contribution in [2.45, 2.75) is 19.4 Å². The molecule has 0 bridgehead atoms. The van der Waals surface area contributed by atoms with Crippen molar-refractivity contribution in [1.29, 1.82) is 0 Å². The van der Waals surface area contributed by atoms with Gasteiger partial charge in [0.05, 0.1) is 7.11 Å². The minimum absolute atomic E-state index is 0.132. The number of likely N-dealkylation sites (N-methyl/N-ethyl adjacent to an activating group) is 1. The molecule has 0 spiro atoms. The fourth-order valence-electron chi connectivity index (χ4n) is 2.45. The summed E-state index contributed by atoms with van der Waals surface area (Å²) < 4.78 is 24.8. The molecule has 0 aliphatic rings. The van der Waals surface area contributed by atoms with Gasteiger partial charge in [-0.3, -0.25) is 4.79 Å². The SMILES string of the molecule is CCC(Oc1cc(Cl)cc(-c2cc(F)ccc2OC)c1)C(=O)N(C)C. The van der Waals surface area contributed by atoms with Crippen LogP contribution < -0.4 is 9.47 Å². The summed E-state index contributed by atoms with van der Waals surface area (Å²) in [6.07, 6.45) is -0.0991. The molecule has 1 amide bonds. The lowest BCUT2D eigenvalue weighted by Crippen LogP contribution is -2.37. The minimum Gasteiger partial charge on any atom is -0.496 e. The number of hydrogen-bond donors (Lipinski definition) is 0. The Kier molecular flexibility index (Phi) is 6.26. The Bertz CT molecular complexity index is 764. The first-order chi connectivity index (χ1) is 11.8. The van der Waals surface area contributed by atoms with Crippen LogP contribution in [0, 0.1) is 5.82 Å². The highest BCUT2D eigenvalue weighted by Crippen LogP contribution is 2.35. The Morgan fingerprint density at radius 3 is 2.56 bits per heavy atom. The summed E-state index contributed by atoms with van der Waals surface area (Å²) in [6.45, 7) is 1.87. The van der Waals surface area contributed by atoms with Crippen LogP contribution >= 0.6 is 11.6 Å². The van der Waals surface area contributed by atoms with E-state index < -0.39 is 6.10 Å². The topological polar surface area (TPSA) is 38.8 Å². The molecule has 1 atom stereocenters. The van der Waals surface area contributed by atoms with Gasteiger partial charge in [0, 0.05) is 24.7 Å². The first-order valence-electron chi connectivity index (χ1n) is 7.88. The molecule has 0 saturated carbocycles. The van der Waals surface area contributed by atoms with Gasteiger partial charge in [0.1, 0.15) is 17.3 Å². The number of amides is 1. The van der Waals surface area contributed by atoms with E-state index in [1.54, 1.807) is 38.4 Å². The summed E-state index contributed by atoms with van der Waals surface area (Å²) in [4.78, 5) is 13.6. The van der Waals surface area contributed by atoms with Crippen molar-refractivity contribution in [2.24, 2.45) is 0 Å². The smallest absolute Gasteiger partial charge is 0.263 e. The molecular formula is C19H21ClFNO3. The lowest BCUT2D eigenvalue weighted by molar-refractivity contribution is -0.136. The van der Waals surface area contributed by atoms with Crippen molar-refractivity contribution >= 4 is 17.5 Å². The number of benzene rings is 2. The highest BCUT2D eigenvalue weighted by molar-refractivity contribution is 6.31. The maximum atomic E-state index is 13.7. The zero-order valence-electron chi connectivity index (χ0n) is 14.7. The van der Waals surface area contributed by atoms with Crippen molar-refractivity contribution in [3.05, 3.63) is 47.2 Å². The molecule has 134 valence electrons. The molecule has 0 fully saturated rings. The molecule has 2 rings (SSSR count). The maximum absolute atomic E-state index is 13.7. The summed E-state index contributed by atoms with van der Waals surface area (Å²) in [5.74, 6) is 0.446. The van der Waals surface area contributed by atoms with Crippen molar-refractivity contribution in [2.75, 3.05) is 21.2 Å². The lowest BCUT2D eigenvalue weighted by Gasteiger charge is -2.21. The van der Waals surface area contributed by atoms with E-state index in [-0.39, 0.29) is 11.7 Å². The number of carbonyl (C=O) groups is 1. The zero-order valence-corrected chi connectivity index (χ0v) is 15.4. The van der Waals surface area contributed by atoms with E-state index >= 15 is 0 Å². The molecule has 0 radical (unpaired) electrons. The first-order valence-corrected chi connectivity index (χ1v) is 8.25. The number of rotatable bonds is 6. The van der Waals surface area contributed by atoms with Crippen molar-refractivity contribution in [3.63, 3.8) is 0 Å². The second-order valence-electron chi connectivity index (χ2n) is 5.77. The zero-order chi connectivity index (χ0) is 18.6. The average Bonchev–Trinajstić information content (AvgIpc) is 2.58. The summed E-state index contributed by atoms with van der Waals surface area (Å²) in [7, 11) is 4.87. The fourth-order valence-corrected chi connectivity index (χ4v) is 2.68. The number of methoxy groups -OCH3 is 1. The van der Waals surface area contributed by atoms with Crippen LogP contribution in [0.15, 0.2) is 36.4 Å². The predicted octanol–water partition coefficient (Wildman–Crippen LogP) is 4.40. The van der Waals surface area contributed by atoms with E-state index in [0.717, 1.165) is 0 Å². The molecule has 2 aromatic carbocycles. The van der Waals surface area contributed by atoms with Crippen LogP contribution in [0.3, 0.4) is 0 Å². The van der Waals surface area contributed by atoms with Crippen LogP contribution in [0.1, 0.15) is 13.3 Å². The molecule has 0 aliphatic carbocycles. The van der Waals surface area contributed by atoms with Gasteiger partial charge >= 0.3 is 0 Å². The van der Waals surface area contributed by atoms with Crippen molar-refractivity contribution < 1.29 is 18.7 Å². The molecule has 0 heterocycles. The molecular weight excluding hydrogens is 345 g/mol. The quantitative estimate of drug-likeness (QED) is 0.761. The molecule has 25 heavy (non-hydrogen) atoms. The normalized spacial score (nSPS) is 11.8. The highest BCUT2D eigenvalue weighted by atomic mass is 35.5. The Balaban J connectivity index is 2.41. The van der Waals surface area contributed by atoms with Gasteiger partial charge in [-0.2, -0.15) is 0 Å². The van der Waals surface area contributed by atoms with Crippen molar-refractivity contribution in [1.82, 2.24) is 4.90 Å². The third kappa shape index (κ3) is 4.63. The lowest BCUT2D eigenvalue weighted by atomic mass is 10.0. The van der Waals surface area contributed by atoms with Crippen LogP contribution in [0.5, 0.6) is 11.5 Å². The molecule has 0 N–H and O–H groups in total. The van der Waals surface area contributed by atoms with Crippen LogP contribution in [-0.2, 0) is 4.79 Å². The maximum Gasteiger partial charge on any atom is 0.263 e. The first kappa shape index (κ1) is 19.1. The standard InChI is InChI=1S/C19H21ClFNO3/c1-5-17(19(23)22(2)3)25-15-9-12(8-13(20)10-15)16-11-14(21)6-7-18(16)24-4/h6-11,17H,5H2,1-4H3. The summed E-state index contributed by atoms with van der Waals surface area (Å²) in [6, 6.07) is 9.29. The van der Waals surface area contributed by atoms with Crippen LogP contribution in [0.25, 0.3) is 11.1 Å². The second-order valence-corrected chi connectivity index (χ2v) is 6.20. The van der Waals surface area contributed by atoms with Gasteiger partial charge in [-0.25, -0.2) is 4.39 Å². The van der Waals surface area contributed by atoms with E-state index in [1.807, 2.05) is 6.92 Å². The van der Waals surface area contributed by atoms with Crippen LogP contribution in [0.2, 0.25) is 5.02 Å². The van der Waals surface area contributed by atoms with Gasteiger partial charge in [0.2, 0.25) is 0 Å². The van der Waals surface area contributed by atoms with Gasteiger partial charge in [0.15, 0.2) is 6.10 Å². The Labute approximate surface area is 152 Å². The number of halogens is 2. The molecule has 4 nitrogen and oxygen atoms in total. The van der Waals surface area contributed by atoms with Gasteiger partial charge in [0.25, 0.3) is 5.91 Å². The largest absolute Gasteiger partial charge is 0.496 e. The van der Waals surface area contributed by atoms with Crippen molar-refractivity contribution in [3.8, 4) is 22.6 Å². The number of hydrogen-bond acceptors (Lipinski definition) is 3. The van der Waals surface area contributed by atoms with E-state index in [1.165, 1.54) is 24.1 Å². The summed E-state index contributed by atoms with van der Waals surface area (Å²) >= 11 is 6.19. The van der Waals surface area contributed by atoms with E-state index in [2.05, 4.69) is 0 Å². The molecule has 6 heteroatoms. The molecule has 1 unspecified atom stereocenters. The van der Waals surface area contributed by atoms with Crippen LogP contribution in [0.4, 0.5) is 4.39 Å². The molecule has 0 aliphatic heterocycles. The second kappa shape index (κ2) is 8.21. The summed E-state index contributed by atoms with van der Waals surface area (Å²) in [5.41, 5.74) is 1.20. The fraction of sp³-hybridized carbons (Fsp3) is 0.316. The number of nitrogens with zero attached hydrogens (tertiary/aromatic N) is 1. The van der Waals surface area contributed by atoms with Gasteiger partial charge in [-0.1, -0.05) is 18.5 Å².